The number of amides is 2. The van der Waals surface area contributed by atoms with Crippen LogP contribution >= 0.6 is 11.6 Å². The minimum Gasteiger partial charge on any atom is -0.340 e. The SMILES string of the molecule is CC(C)[C@H](N)C(=O)N1CCCN(C(=O)c2ccccc2Cl)CC1. The largest absolute Gasteiger partial charge is 0.340 e. The van der Waals surface area contributed by atoms with E-state index in [1.165, 1.54) is 0 Å². The van der Waals surface area contributed by atoms with Crippen molar-refractivity contribution in [3.63, 3.8) is 0 Å². The Labute approximate surface area is 142 Å². The van der Waals surface area contributed by atoms with Crippen LogP contribution in [0.3, 0.4) is 0 Å². The minimum atomic E-state index is -0.485. The lowest BCUT2D eigenvalue weighted by molar-refractivity contribution is -0.133. The smallest absolute Gasteiger partial charge is 0.255 e. The zero-order valence-corrected chi connectivity index (χ0v) is 14.4. The standard InChI is InChI=1S/C17H24ClN3O2/c1-12(2)15(19)17(23)21-9-5-8-20(10-11-21)16(22)13-6-3-4-7-14(13)18/h3-4,6-7,12,15H,5,8-11,19H2,1-2H3/t15-/m0/s1. The number of hydrogen-bond donors (Lipinski definition) is 1. The van der Waals surface area contributed by atoms with Gasteiger partial charge in [0.15, 0.2) is 0 Å². The molecule has 6 heteroatoms. The maximum Gasteiger partial charge on any atom is 0.255 e. The normalized spacial score (nSPS) is 17.1. The third-order valence-electron chi connectivity index (χ3n) is 4.20. The molecular formula is C17H24ClN3O2. The summed E-state index contributed by atoms with van der Waals surface area (Å²) in [6.45, 7) is 6.13. The molecule has 2 rings (SSSR count). The summed E-state index contributed by atoms with van der Waals surface area (Å²) < 4.78 is 0. The predicted molar refractivity (Wildman–Crippen MR) is 91.4 cm³/mol. The zero-order valence-electron chi connectivity index (χ0n) is 13.7. The van der Waals surface area contributed by atoms with Gasteiger partial charge in [-0.3, -0.25) is 9.59 Å². The van der Waals surface area contributed by atoms with Gasteiger partial charge in [0, 0.05) is 26.2 Å². The second-order valence-electron chi connectivity index (χ2n) is 6.22. The van der Waals surface area contributed by atoms with Crippen molar-refractivity contribution >= 4 is 23.4 Å². The number of halogens is 1. The molecule has 126 valence electrons. The summed E-state index contributed by atoms with van der Waals surface area (Å²) in [5, 5.41) is 0.455. The van der Waals surface area contributed by atoms with Crippen molar-refractivity contribution in [2.24, 2.45) is 11.7 Å². The van der Waals surface area contributed by atoms with E-state index >= 15 is 0 Å². The number of benzene rings is 1. The highest BCUT2D eigenvalue weighted by molar-refractivity contribution is 6.33. The van der Waals surface area contributed by atoms with Crippen LogP contribution in [0.1, 0.15) is 30.6 Å². The van der Waals surface area contributed by atoms with Gasteiger partial charge in [-0.05, 0) is 24.5 Å². The van der Waals surface area contributed by atoms with E-state index < -0.39 is 6.04 Å². The second kappa shape index (κ2) is 7.79. The molecular weight excluding hydrogens is 314 g/mol. The van der Waals surface area contributed by atoms with E-state index in [1.54, 1.807) is 34.1 Å². The van der Waals surface area contributed by atoms with Gasteiger partial charge in [0.05, 0.1) is 16.6 Å². The van der Waals surface area contributed by atoms with Gasteiger partial charge in [-0.15, -0.1) is 0 Å². The van der Waals surface area contributed by atoms with Crippen LogP contribution in [-0.4, -0.2) is 53.8 Å². The maximum absolute atomic E-state index is 12.6. The second-order valence-corrected chi connectivity index (χ2v) is 6.63. The lowest BCUT2D eigenvalue weighted by Crippen LogP contribution is -2.47. The summed E-state index contributed by atoms with van der Waals surface area (Å²) in [4.78, 5) is 28.5. The Hall–Kier alpha value is -1.59. The van der Waals surface area contributed by atoms with E-state index in [0.29, 0.717) is 36.8 Å². The zero-order chi connectivity index (χ0) is 17.0. The first kappa shape index (κ1) is 17.8. The lowest BCUT2D eigenvalue weighted by atomic mass is 10.0. The van der Waals surface area contributed by atoms with Gasteiger partial charge >= 0.3 is 0 Å². The van der Waals surface area contributed by atoms with Crippen molar-refractivity contribution in [2.75, 3.05) is 26.2 Å². The Morgan fingerprint density at radius 3 is 2.35 bits per heavy atom. The molecule has 1 aliphatic rings. The van der Waals surface area contributed by atoms with E-state index in [1.807, 2.05) is 13.8 Å². The monoisotopic (exact) mass is 337 g/mol. The molecule has 1 heterocycles. The van der Waals surface area contributed by atoms with Crippen molar-refractivity contribution in [1.29, 1.82) is 0 Å². The average molecular weight is 338 g/mol. The Morgan fingerprint density at radius 2 is 1.70 bits per heavy atom. The van der Waals surface area contributed by atoms with Crippen molar-refractivity contribution < 1.29 is 9.59 Å². The molecule has 1 aromatic carbocycles. The maximum atomic E-state index is 12.6. The first-order valence-electron chi connectivity index (χ1n) is 8.00. The highest BCUT2D eigenvalue weighted by Crippen LogP contribution is 2.18. The van der Waals surface area contributed by atoms with Crippen molar-refractivity contribution in [1.82, 2.24) is 9.80 Å². The molecule has 1 saturated heterocycles. The van der Waals surface area contributed by atoms with E-state index in [4.69, 9.17) is 17.3 Å². The topological polar surface area (TPSA) is 66.6 Å². The third-order valence-corrected chi connectivity index (χ3v) is 4.53. The average Bonchev–Trinajstić information content (AvgIpc) is 2.79. The minimum absolute atomic E-state index is 0.0351. The van der Waals surface area contributed by atoms with Crippen LogP contribution in [0.5, 0.6) is 0 Å². The first-order chi connectivity index (χ1) is 10.9. The van der Waals surface area contributed by atoms with Gasteiger partial charge in [0.25, 0.3) is 5.91 Å². The molecule has 0 unspecified atom stereocenters. The van der Waals surface area contributed by atoms with Gasteiger partial charge in [-0.2, -0.15) is 0 Å². The molecule has 0 aliphatic carbocycles. The number of rotatable bonds is 3. The number of hydrogen-bond acceptors (Lipinski definition) is 3. The summed E-state index contributed by atoms with van der Waals surface area (Å²) in [6, 6.07) is 6.56. The van der Waals surface area contributed by atoms with E-state index in [-0.39, 0.29) is 17.7 Å². The molecule has 0 bridgehead atoms. The Kier molecular flexibility index (Phi) is 6.02. The van der Waals surface area contributed by atoms with Crippen molar-refractivity contribution in [3.8, 4) is 0 Å². The molecule has 0 radical (unpaired) electrons. The highest BCUT2D eigenvalue weighted by atomic mass is 35.5. The van der Waals surface area contributed by atoms with Gasteiger partial charge < -0.3 is 15.5 Å². The van der Waals surface area contributed by atoms with Crippen LogP contribution in [0.25, 0.3) is 0 Å². The summed E-state index contributed by atoms with van der Waals surface area (Å²) >= 11 is 6.11. The van der Waals surface area contributed by atoms with Gasteiger partial charge in [-0.25, -0.2) is 0 Å². The fourth-order valence-electron chi connectivity index (χ4n) is 2.64. The highest BCUT2D eigenvalue weighted by Gasteiger charge is 2.27. The molecule has 5 nitrogen and oxygen atoms in total. The molecule has 1 aromatic rings. The fourth-order valence-corrected chi connectivity index (χ4v) is 2.86. The Bertz CT molecular complexity index is 577. The third kappa shape index (κ3) is 4.24. The Balaban J connectivity index is 2.03. The van der Waals surface area contributed by atoms with Gasteiger partial charge in [0.1, 0.15) is 0 Å². The summed E-state index contributed by atoms with van der Waals surface area (Å²) in [6.07, 6.45) is 0.743. The quantitative estimate of drug-likeness (QED) is 0.917. The van der Waals surface area contributed by atoms with Gasteiger partial charge in [0.2, 0.25) is 5.91 Å². The molecule has 2 N–H and O–H groups in total. The summed E-state index contributed by atoms with van der Waals surface area (Å²) in [7, 11) is 0. The lowest BCUT2D eigenvalue weighted by Gasteiger charge is -2.26. The summed E-state index contributed by atoms with van der Waals surface area (Å²) in [5.41, 5.74) is 6.47. The molecule has 0 saturated carbocycles. The van der Waals surface area contributed by atoms with Crippen LogP contribution in [0.4, 0.5) is 0 Å². The van der Waals surface area contributed by atoms with Crippen LogP contribution in [0, 0.1) is 5.92 Å². The molecule has 1 atom stereocenters. The van der Waals surface area contributed by atoms with Crippen molar-refractivity contribution in [2.45, 2.75) is 26.3 Å². The fraction of sp³-hybridized carbons (Fsp3) is 0.529. The van der Waals surface area contributed by atoms with Crippen molar-refractivity contribution in [3.05, 3.63) is 34.9 Å². The molecule has 23 heavy (non-hydrogen) atoms. The van der Waals surface area contributed by atoms with E-state index in [0.717, 1.165) is 6.42 Å². The number of nitrogens with zero attached hydrogens (tertiary/aromatic N) is 2. The first-order valence-corrected chi connectivity index (χ1v) is 8.37. The van der Waals surface area contributed by atoms with E-state index in [9.17, 15) is 9.59 Å². The molecule has 0 aromatic heterocycles. The van der Waals surface area contributed by atoms with Crippen LogP contribution in [0.15, 0.2) is 24.3 Å². The molecule has 1 fully saturated rings. The van der Waals surface area contributed by atoms with Crippen LogP contribution in [0.2, 0.25) is 5.02 Å². The van der Waals surface area contributed by atoms with E-state index in [2.05, 4.69) is 0 Å². The predicted octanol–water partition coefficient (Wildman–Crippen LogP) is 2.00. The molecule has 2 amide bonds. The number of carbonyl (C=O) groups excluding carboxylic acids is 2. The number of carbonyl (C=O) groups is 2. The molecule has 1 aliphatic heterocycles. The van der Waals surface area contributed by atoms with Crippen LogP contribution < -0.4 is 5.73 Å². The molecule has 0 spiro atoms. The number of nitrogens with two attached hydrogens (primary N) is 1. The van der Waals surface area contributed by atoms with Gasteiger partial charge in [-0.1, -0.05) is 37.6 Å². The van der Waals surface area contributed by atoms with Crippen LogP contribution in [-0.2, 0) is 4.79 Å². The summed E-state index contributed by atoms with van der Waals surface area (Å²) in [5.74, 6) is -0.0169. The Morgan fingerprint density at radius 1 is 1.09 bits per heavy atom.